The molecule has 0 spiro atoms. The Bertz CT molecular complexity index is 671. The minimum atomic E-state index is -4.99. The van der Waals surface area contributed by atoms with Gasteiger partial charge in [0.05, 0.1) is 13.5 Å². The van der Waals surface area contributed by atoms with Crippen molar-refractivity contribution in [2.24, 2.45) is 11.0 Å². The number of nitrogens with zero attached hydrogens (tertiary/aromatic N) is 2. The summed E-state index contributed by atoms with van der Waals surface area (Å²) < 4.78 is 45.3. The Labute approximate surface area is 150 Å². The SMILES string of the molecule is COc1ccc(CC(=O)N2N=C(CCC(C)C)CC2(O)C(F)(F)F)cc1. The van der Waals surface area contributed by atoms with E-state index in [-0.39, 0.29) is 23.1 Å². The lowest BCUT2D eigenvalue weighted by molar-refractivity contribution is -0.302. The Morgan fingerprint density at radius 1 is 1.35 bits per heavy atom. The van der Waals surface area contributed by atoms with E-state index in [9.17, 15) is 23.1 Å². The first-order valence-corrected chi connectivity index (χ1v) is 8.38. The van der Waals surface area contributed by atoms with Gasteiger partial charge in [-0.05, 0) is 36.5 Å². The summed E-state index contributed by atoms with van der Waals surface area (Å²) >= 11 is 0. The van der Waals surface area contributed by atoms with Crippen molar-refractivity contribution in [1.82, 2.24) is 5.01 Å². The van der Waals surface area contributed by atoms with Crippen LogP contribution < -0.4 is 4.74 Å². The molecular formula is C18H23F3N2O3. The summed E-state index contributed by atoms with van der Waals surface area (Å²) in [6, 6.07) is 6.39. The molecule has 1 aromatic rings. The number of methoxy groups -OCH3 is 1. The van der Waals surface area contributed by atoms with Gasteiger partial charge in [-0.2, -0.15) is 23.3 Å². The van der Waals surface area contributed by atoms with Crippen LogP contribution >= 0.6 is 0 Å². The summed E-state index contributed by atoms with van der Waals surface area (Å²) in [5.41, 5.74) is -2.60. The highest BCUT2D eigenvalue weighted by Crippen LogP contribution is 2.41. The van der Waals surface area contributed by atoms with Crippen molar-refractivity contribution in [3.63, 3.8) is 0 Å². The summed E-state index contributed by atoms with van der Waals surface area (Å²) in [5, 5.41) is 14.2. The smallest absolute Gasteiger partial charge is 0.438 e. The molecule has 0 fully saturated rings. The first-order chi connectivity index (χ1) is 12.1. The first-order valence-electron chi connectivity index (χ1n) is 8.38. The van der Waals surface area contributed by atoms with Crippen LogP contribution in [0.15, 0.2) is 29.4 Å². The van der Waals surface area contributed by atoms with Gasteiger partial charge in [0.25, 0.3) is 5.72 Å². The van der Waals surface area contributed by atoms with Gasteiger partial charge in [0.15, 0.2) is 0 Å². The van der Waals surface area contributed by atoms with E-state index in [2.05, 4.69) is 5.10 Å². The van der Waals surface area contributed by atoms with Gasteiger partial charge < -0.3 is 9.84 Å². The normalized spacial score (nSPS) is 20.5. The zero-order valence-corrected chi connectivity index (χ0v) is 15.0. The number of hydrazone groups is 1. The fraction of sp³-hybridized carbons (Fsp3) is 0.556. The van der Waals surface area contributed by atoms with Crippen LogP contribution in [-0.4, -0.2) is 40.7 Å². The molecule has 5 nitrogen and oxygen atoms in total. The molecule has 1 atom stereocenters. The Hall–Kier alpha value is -2.09. The summed E-state index contributed by atoms with van der Waals surface area (Å²) in [4.78, 5) is 12.4. The number of rotatable bonds is 6. The second-order valence-corrected chi connectivity index (χ2v) is 6.82. The second kappa shape index (κ2) is 7.65. The zero-order valence-electron chi connectivity index (χ0n) is 15.0. The van der Waals surface area contributed by atoms with Crippen LogP contribution in [-0.2, 0) is 11.2 Å². The van der Waals surface area contributed by atoms with Gasteiger partial charge in [0.1, 0.15) is 5.75 Å². The summed E-state index contributed by atoms with van der Waals surface area (Å²) in [7, 11) is 1.49. The third-order valence-electron chi connectivity index (χ3n) is 4.26. The lowest BCUT2D eigenvalue weighted by Gasteiger charge is -2.32. The molecule has 8 heteroatoms. The summed E-state index contributed by atoms with van der Waals surface area (Å²) in [6.07, 6.45) is -5.07. The van der Waals surface area contributed by atoms with Crippen molar-refractivity contribution in [3.8, 4) is 5.75 Å². The molecule has 1 unspecified atom stereocenters. The monoisotopic (exact) mass is 372 g/mol. The van der Waals surface area contributed by atoms with Crippen LogP contribution in [0.3, 0.4) is 0 Å². The highest BCUT2D eigenvalue weighted by atomic mass is 19.4. The molecular weight excluding hydrogens is 349 g/mol. The molecule has 1 heterocycles. The van der Waals surface area contributed by atoms with E-state index >= 15 is 0 Å². The molecule has 1 aliphatic heterocycles. The van der Waals surface area contributed by atoms with Crippen LogP contribution in [0.2, 0.25) is 0 Å². The van der Waals surface area contributed by atoms with Crippen molar-refractivity contribution in [2.45, 2.75) is 51.4 Å². The van der Waals surface area contributed by atoms with E-state index in [1.165, 1.54) is 7.11 Å². The molecule has 0 bridgehead atoms. The molecule has 1 aliphatic rings. The predicted molar refractivity (Wildman–Crippen MR) is 90.7 cm³/mol. The molecule has 1 N–H and O–H groups in total. The number of hydrogen-bond donors (Lipinski definition) is 1. The number of aliphatic hydroxyl groups is 1. The Kier molecular flexibility index (Phi) is 5.95. The highest BCUT2D eigenvalue weighted by molar-refractivity contribution is 5.91. The topological polar surface area (TPSA) is 62.1 Å². The average molecular weight is 372 g/mol. The van der Waals surface area contributed by atoms with Gasteiger partial charge in [-0.3, -0.25) is 4.79 Å². The van der Waals surface area contributed by atoms with E-state index in [0.717, 1.165) is 0 Å². The number of hydrogen-bond acceptors (Lipinski definition) is 4. The molecule has 144 valence electrons. The molecule has 26 heavy (non-hydrogen) atoms. The highest BCUT2D eigenvalue weighted by Gasteiger charge is 2.62. The van der Waals surface area contributed by atoms with Crippen LogP contribution in [0.5, 0.6) is 5.75 Å². The largest absolute Gasteiger partial charge is 0.497 e. The van der Waals surface area contributed by atoms with Gasteiger partial charge in [0, 0.05) is 12.1 Å². The second-order valence-electron chi connectivity index (χ2n) is 6.82. The molecule has 1 aromatic carbocycles. The van der Waals surface area contributed by atoms with Crippen LogP contribution in [0.25, 0.3) is 0 Å². The van der Waals surface area contributed by atoms with Crippen LogP contribution in [0.1, 0.15) is 38.7 Å². The van der Waals surface area contributed by atoms with Gasteiger partial charge in [-0.1, -0.05) is 26.0 Å². The van der Waals surface area contributed by atoms with Crippen LogP contribution in [0, 0.1) is 5.92 Å². The summed E-state index contributed by atoms with van der Waals surface area (Å²) in [5.74, 6) is -0.0570. The molecule has 2 rings (SSSR count). The van der Waals surface area contributed by atoms with Crippen molar-refractivity contribution in [3.05, 3.63) is 29.8 Å². The van der Waals surface area contributed by atoms with E-state index in [4.69, 9.17) is 4.74 Å². The van der Waals surface area contributed by atoms with Gasteiger partial charge in [-0.15, -0.1) is 0 Å². The van der Waals surface area contributed by atoms with E-state index in [1.807, 2.05) is 13.8 Å². The molecule has 0 radical (unpaired) electrons. The van der Waals surface area contributed by atoms with E-state index in [1.54, 1.807) is 24.3 Å². The molecule has 0 saturated carbocycles. The van der Waals surface area contributed by atoms with Crippen molar-refractivity contribution in [2.75, 3.05) is 7.11 Å². The van der Waals surface area contributed by atoms with Gasteiger partial charge in [-0.25, -0.2) is 0 Å². The van der Waals surface area contributed by atoms with Crippen molar-refractivity contribution >= 4 is 11.6 Å². The Balaban J connectivity index is 2.20. The summed E-state index contributed by atoms with van der Waals surface area (Å²) in [6.45, 7) is 3.89. The van der Waals surface area contributed by atoms with Crippen molar-refractivity contribution in [1.29, 1.82) is 0 Å². The van der Waals surface area contributed by atoms with Gasteiger partial charge in [0.2, 0.25) is 5.91 Å². The zero-order chi connectivity index (χ0) is 19.5. The lowest BCUT2D eigenvalue weighted by atomic mass is 9.99. The molecule has 1 amide bonds. The molecule has 0 saturated heterocycles. The number of carbonyl (C=O) groups excluding carboxylic acids is 1. The number of alkyl halides is 3. The maximum atomic E-state index is 13.4. The third-order valence-corrected chi connectivity index (χ3v) is 4.26. The van der Waals surface area contributed by atoms with E-state index < -0.39 is 24.2 Å². The standard InChI is InChI=1S/C18H23F3N2O3/c1-12(2)4-7-14-11-17(25,18(19,20)21)23(22-14)16(24)10-13-5-8-15(26-3)9-6-13/h5-6,8-9,12,25H,4,7,10-11H2,1-3H3. The third kappa shape index (κ3) is 4.35. The average Bonchev–Trinajstić information content (AvgIpc) is 2.92. The predicted octanol–water partition coefficient (Wildman–Crippen LogP) is 3.51. The Morgan fingerprint density at radius 2 is 1.96 bits per heavy atom. The van der Waals surface area contributed by atoms with Crippen molar-refractivity contribution < 1.29 is 27.8 Å². The minimum Gasteiger partial charge on any atom is -0.497 e. The number of amides is 1. The Morgan fingerprint density at radius 3 is 2.46 bits per heavy atom. The minimum absolute atomic E-state index is 0.182. The number of halogens is 3. The van der Waals surface area contributed by atoms with Crippen LogP contribution in [0.4, 0.5) is 13.2 Å². The fourth-order valence-corrected chi connectivity index (χ4v) is 2.69. The molecule has 0 aliphatic carbocycles. The maximum Gasteiger partial charge on any atom is 0.438 e. The fourth-order valence-electron chi connectivity index (χ4n) is 2.69. The van der Waals surface area contributed by atoms with E-state index in [0.29, 0.717) is 24.2 Å². The number of ether oxygens (including phenoxy) is 1. The molecule has 0 aromatic heterocycles. The lowest BCUT2D eigenvalue weighted by Crippen LogP contribution is -2.57. The first kappa shape index (κ1) is 20.2. The maximum absolute atomic E-state index is 13.4. The van der Waals surface area contributed by atoms with Gasteiger partial charge >= 0.3 is 6.18 Å². The number of carbonyl (C=O) groups is 1. The quantitative estimate of drug-likeness (QED) is 0.831. The number of benzene rings is 1.